The number of hydrogen-bond acceptors (Lipinski definition) is 3. The van der Waals surface area contributed by atoms with E-state index in [4.69, 9.17) is 12.2 Å². The quantitative estimate of drug-likeness (QED) is 0.378. The van der Waals surface area contributed by atoms with Crippen molar-refractivity contribution < 1.29 is 61.2 Å². The van der Waals surface area contributed by atoms with Crippen molar-refractivity contribution in [1.29, 1.82) is 0 Å². The van der Waals surface area contributed by atoms with Crippen LogP contribution in [0.3, 0.4) is 0 Å². The van der Waals surface area contributed by atoms with E-state index in [1.807, 2.05) is 0 Å². The van der Waals surface area contributed by atoms with Gasteiger partial charge >= 0.3 is 75.7 Å². The van der Waals surface area contributed by atoms with E-state index in [0.29, 0.717) is 0 Å². The maximum absolute atomic E-state index is 8.54. The van der Waals surface area contributed by atoms with Crippen molar-refractivity contribution in [2.75, 3.05) is 0 Å². The molecule has 0 aromatic carbocycles. The zero-order chi connectivity index (χ0) is 3.58. The molecule has 0 rings (SSSR count). The summed E-state index contributed by atoms with van der Waals surface area (Å²) in [7, 11) is 0. The van der Waals surface area contributed by atoms with Crippen molar-refractivity contribution in [1.82, 2.24) is 0 Å². The van der Waals surface area contributed by atoms with Crippen LogP contribution in [0.4, 0.5) is 0 Å². The minimum atomic E-state index is -3.79. The Morgan fingerprint density at radius 3 is 1.33 bits per heavy atom. The summed E-state index contributed by atoms with van der Waals surface area (Å²) in [6.45, 7) is 0. The Morgan fingerprint density at radius 2 is 1.33 bits per heavy atom. The molecule has 0 unspecified atom stereocenters. The first-order chi connectivity index (χ1) is 1.73. The maximum Gasteiger partial charge on any atom is 2.00 e. The van der Waals surface area contributed by atoms with E-state index in [2.05, 4.69) is 0 Å². The van der Waals surface area contributed by atoms with Crippen LogP contribution < -0.4 is 37.9 Å². The van der Waals surface area contributed by atoms with E-state index in [1.54, 1.807) is 0 Å². The van der Waals surface area contributed by atoms with E-state index in [0.717, 1.165) is 0 Å². The van der Waals surface area contributed by atoms with Crippen LogP contribution in [0, 0.1) is 0 Å². The molecule has 0 aliphatic carbocycles. The van der Waals surface area contributed by atoms with Crippen LogP contribution in [0.1, 0.15) is 0 Å². The molecule has 3 nitrogen and oxygen atoms in total. The molecular weight excluding hydrogens is 215 g/mol. The van der Waals surface area contributed by atoms with Crippen molar-refractivity contribution in [3.8, 4) is 0 Å². The largest absolute Gasteiger partial charge is 2.00 e. The molecule has 0 spiro atoms. The molecule has 0 atom stereocenters. The fraction of sp³-hybridized carbons (Fsp3) is 0. The molecule has 0 fully saturated rings. The smallest absolute Gasteiger partial charge is 1.00 e. The van der Waals surface area contributed by atoms with Crippen LogP contribution in [0.2, 0.25) is 0 Å². The van der Waals surface area contributed by atoms with Crippen LogP contribution in [0.25, 0.3) is 0 Å². The fourth-order valence-electron chi connectivity index (χ4n) is 0. The Labute approximate surface area is 74.9 Å². The molecule has 0 heterocycles. The van der Waals surface area contributed by atoms with Gasteiger partial charge in [-0.2, -0.15) is 0 Å². The van der Waals surface area contributed by atoms with Gasteiger partial charge in [-0.1, -0.05) is 0 Å². The van der Waals surface area contributed by atoms with E-state index in [9.17, 15) is 0 Å². The summed E-state index contributed by atoms with van der Waals surface area (Å²) in [6, 6.07) is 0. The second-order valence-corrected chi connectivity index (χ2v) is 1.06. The second-order valence-electron chi connectivity index (χ2n) is 0.204. The Bertz CT molecular complexity index is 33.8. The summed E-state index contributed by atoms with van der Waals surface area (Å²) in [5, 5.41) is 0. The van der Waals surface area contributed by atoms with Crippen molar-refractivity contribution >= 4 is 14.5 Å². The molecule has 0 aliphatic rings. The van der Waals surface area contributed by atoms with E-state index in [1.165, 1.54) is 0 Å². The average molecular weight is 215 g/mol. The van der Waals surface area contributed by atoms with Gasteiger partial charge in [0.2, 0.25) is 0 Å². The summed E-state index contributed by atoms with van der Waals surface area (Å²) in [5.41, 5.74) is 0. The Balaban J connectivity index is -0.0000000450. The Kier molecular flexibility index (Phi) is 26.0. The van der Waals surface area contributed by atoms with E-state index < -0.39 is 14.5 Å². The molecule has 26 valence electrons. The first-order valence-electron chi connectivity index (χ1n) is 0.500. The van der Waals surface area contributed by atoms with Gasteiger partial charge in [-0.3, -0.25) is 0 Å². The first kappa shape index (κ1) is 15.7. The summed E-state index contributed by atoms with van der Waals surface area (Å²) in [5.74, 6) is 0. The number of rotatable bonds is 0. The zero-order valence-electron chi connectivity index (χ0n) is 3.34. The molecule has 0 bridgehead atoms. The van der Waals surface area contributed by atoms with Crippen molar-refractivity contribution in [2.24, 2.45) is 0 Å². The van der Waals surface area contributed by atoms with Crippen molar-refractivity contribution in [2.45, 2.75) is 0 Å². The third-order valence-corrected chi connectivity index (χ3v) is 0. The van der Waals surface area contributed by atoms with E-state index in [-0.39, 0.29) is 49.0 Å². The third kappa shape index (κ3) is 40.0. The fourth-order valence-corrected chi connectivity index (χ4v) is 0. The molecule has 0 aliphatic heterocycles. The Hall–Kier alpha value is 1.86. The van der Waals surface area contributed by atoms with Gasteiger partial charge in [0.25, 0.3) is 0 Å². The van der Waals surface area contributed by atoms with Gasteiger partial charge in [-0.05, 0) is 0 Å². The SMILES string of the molecule is O=[Se]([O-])[O-].[Na+].[Zn+2]. The maximum atomic E-state index is 8.54. The minimum Gasteiger partial charge on any atom is 1.00 e. The molecule has 6 heteroatoms. The van der Waals surface area contributed by atoms with Crippen molar-refractivity contribution in [3.63, 3.8) is 0 Å². The van der Waals surface area contributed by atoms with E-state index >= 15 is 0 Å². The van der Waals surface area contributed by atoms with Gasteiger partial charge < -0.3 is 0 Å². The molecule has 0 aromatic rings. The van der Waals surface area contributed by atoms with Crippen LogP contribution in [-0.4, -0.2) is 14.5 Å². The van der Waals surface area contributed by atoms with Gasteiger partial charge in [0.1, 0.15) is 0 Å². The predicted molar refractivity (Wildman–Crippen MR) is 6.44 cm³/mol. The van der Waals surface area contributed by atoms with Gasteiger partial charge in [0, 0.05) is 0 Å². The topological polar surface area (TPSA) is 63.2 Å². The monoisotopic (exact) mass is 215 g/mol. The van der Waals surface area contributed by atoms with Gasteiger partial charge in [-0.15, -0.1) is 0 Å². The van der Waals surface area contributed by atoms with Crippen LogP contribution in [0.5, 0.6) is 0 Å². The predicted octanol–water partition coefficient (Wildman–Crippen LogP) is -5.88. The standard InChI is InChI=1S/Na.H2O3Se.Zn/c;1-4(2)3;/h;(H2,1,2,3);/q+1;;+2/p-2. The summed E-state index contributed by atoms with van der Waals surface area (Å²) in [4.78, 5) is 0. The summed E-state index contributed by atoms with van der Waals surface area (Å²) < 4.78 is 25.6. The van der Waals surface area contributed by atoms with Crippen LogP contribution >= 0.6 is 0 Å². The molecule has 0 N–H and O–H groups in total. The summed E-state index contributed by atoms with van der Waals surface area (Å²) in [6.07, 6.45) is 0. The average Bonchev–Trinajstić information content (AvgIpc) is 0.811. The molecule has 6 heavy (non-hydrogen) atoms. The third-order valence-electron chi connectivity index (χ3n) is 0. The van der Waals surface area contributed by atoms with Crippen molar-refractivity contribution in [3.05, 3.63) is 0 Å². The van der Waals surface area contributed by atoms with Crippen LogP contribution in [-0.2, 0) is 23.3 Å². The minimum absolute atomic E-state index is 0. The molecule has 0 radical (unpaired) electrons. The zero-order valence-corrected chi connectivity index (χ0v) is 10.0. The van der Waals surface area contributed by atoms with Crippen LogP contribution in [0.15, 0.2) is 0 Å². The van der Waals surface area contributed by atoms with Gasteiger partial charge in [-0.25, -0.2) is 0 Å². The molecular formula is NaO3SeZn+. The molecule has 0 saturated heterocycles. The molecule has 0 amide bonds. The Morgan fingerprint density at radius 1 is 1.33 bits per heavy atom. The summed E-state index contributed by atoms with van der Waals surface area (Å²) >= 11 is -3.79. The molecule has 0 saturated carbocycles. The number of hydrogen-bond donors (Lipinski definition) is 0. The second kappa shape index (κ2) is 9.98. The van der Waals surface area contributed by atoms with Gasteiger partial charge in [0.15, 0.2) is 0 Å². The normalized spacial score (nSPS) is 5.83. The molecule has 0 aromatic heterocycles. The van der Waals surface area contributed by atoms with Gasteiger partial charge in [0.05, 0.1) is 0 Å². The first-order valence-corrected chi connectivity index (χ1v) is 2.60.